The number of aryl methyl sites for hydroxylation is 1. The van der Waals surface area contributed by atoms with Crippen molar-refractivity contribution < 1.29 is 24.0 Å². The summed E-state index contributed by atoms with van der Waals surface area (Å²) in [7, 11) is -4.64. The molecule has 0 radical (unpaired) electrons. The molecule has 3 aromatic rings. The zero-order valence-corrected chi connectivity index (χ0v) is 18.5. The summed E-state index contributed by atoms with van der Waals surface area (Å²) in [5.41, 5.74) is 4.75. The van der Waals surface area contributed by atoms with E-state index in [9.17, 15) is 0 Å². The standard InChI is InChI=1S/C20H23ClN2O.H3O4P/c1-13(2)11-23-15(4)14(3)18-9-10-22-20(19(18)23)24-12-16-5-7-17(21)8-6-16;1-5(2,3)4/h5-10,13H,11-12H2,1-4H3;(H3,1,2,3,4). The molecule has 0 saturated carbocycles. The van der Waals surface area contributed by atoms with Crippen molar-refractivity contribution in [3.8, 4) is 5.88 Å². The van der Waals surface area contributed by atoms with Crippen LogP contribution in [0.15, 0.2) is 36.5 Å². The van der Waals surface area contributed by atoms with Crippen LogP contribution >= 0.6 is 19.4 Å². The SMILES string of the molecule is Cc1c(C)n(CC(C)C)c2c(OCc3ccc(Cl)cc3)nccc12.O=P(O)(O)O. The van der Waals surface area contributed by atoms with Crippen LogP contribution in [0.5, 0.6) is 5.88 Å². The largest absolute Gasteiger partial charge is 0.471 e. The minimum absolute atomic E-state index is 0.480. The molecule has 2 aromatic heterocycles. The molecule has 0 aliphatic rings. The van der Waals surface area contributed by atoms with Crippen LogP contribution < -0.4 is 4.74 Å². The fourth-order valence-electron chi connectivity index (χ4n) is 2.99. The lowest BCUT2D eigenvalue weighted by atomic mass is 10.2. The van der Waals surface area contributed by atoms with E-state index >= 15 is 0 Å². The third-order valence-electron chi connectivity index (χ3n) is 4.35. The lowest BCUT2D eigenvalue weighted by molar-refractivity contribution is 0.275. The van der Waals surface area contributed by atoms with Crippen molar-refractivity contribution in [2.45, 2.75) is 40.8 Å². The van der Waals surface area contributed by atoms with E-state index < -0.39 is 7.82 Å². The highest BCUT2D eigenvalue weighted by Crippen LogP contribution is 2.32. The van der Waals surface area contributed by atoms with Crippen LogP contribution in [0.1, 0.15) is 30.7 Å². The summed E-state index contributed by atoms with van der Waals surface area (Å²) in [6.07, 6.45) is 1.83. The Kier molecular flexibility index (Phi) is 7.86. The minimum atomic E-state index is -4.64. The average molecular weight is 441 g/mol. The normalized spacial score (nSPS) is 11.5. The number of phosphoric acid groups is 1. The second kappa shape index (κ2) is 9.74. The number of pyridine rings is 1. The molecule has 29 heavy (non-hydrogen) atoms. The van der Waals surface area contributed by atoms with Crippen molar-refractivity contribution >= 4 is 30.3 Å². The van der Waals surface area contributed by atoms with Gasteiger partial charge in [0, 0.05) is 28.8 Å². The molecule has 0 spiro atoms. The molecule has 158 valence electrons. The van der Waals surface area contributed by atoms with E-state index in [2.05, 4.69) is 43.3 Å². The molecule has 0 unspecified atom stereocenters. The maximum absolute atomic E-state index is 8.88. The number of halogens is 1. The van der Waals surface area contributed by atoms with E-state index in [4.69, 9.17) is 35.6 Å². The van der Waals surface area contributed by atoms with Crippen LogP contribution in [0.25, 0.3) is 10.9 Å². The summed E-state index contributed by atoms with van der Waals surface area (Å²) in [5.74, 6) is 1.25. The highest BCUT2D eigenvalue weighted by Gasteiger charge is 2.17. The van der Waals surface area contributed by atoms with Crippen LogP contribution in [0.4, 0.5) is 0 Å². The summed E-state index contributed by atoms with van der Waals surface area (Å²) in [4.78, 5) is 26.1. The van der Waals surface area contributed by atoms with Gasteiger partial charge in [0.25, 0.3) is 0 Å². The van der Waals surface area contributed by atoms with Crippen LogP contribution in [0.2, 0.25) is 5.02 Å². The quantitative estimate of drug-likeness (QED) is 0.500. The van der Waals surface area contributed by atoms with Crippen molar-refractivity contribution in [1.29, 1.82) is 0 Å². The number of nitrogens with zero attached hydrogens (tertiary/aromatic N) is 2. The molecule has 0 bridgehead atoms. The number of rotatable bonds is 5. The van der Waals surface area contributed by atoms with Crippen molar-refractivity contribution in [3.05, 3.63) is 58.4 Å². The Labute approximate surface area is 175 Å². The van der Waals surface area contributed by atoms with Gasteiger partial charge in [-0.15, -0.1) is 0 Å². The Balaban J connectivity index is 0.000000537. The summed E-state index contributed by atoms with van der Waals surface area (Å²) in [6, 6.07) is 9.79. The Hall–Kier alpha value is -1.89. The highest BCUT2D eigenvalue weighted by atomic mass is 35.5. The zero-order valence-electron chi connectivity index (χ0n) is 16.8. The molecule has 2 heterocycles. The number of benzene rings is 1. The van der Waals surface area contributed by atoms with Gasteiger partial charge >= 0.3 is 7.82 Å². The van der Waals surface area contributed by atoms with Gasteiger partial charge in [0.05, 0.1) is 0 Å². The second-order valence-electron chi connectivity index (χ2n) is 7.16. The summed E-state index contributed by atoms with van der Waals surface area (Å²) in [5, 5.41) is 1.95. The third kappa shape index (κ3) is 6.84. The molecule has 0 atom stereocenters. The highest BCUT2D eigenvalue weighted by molar-refractivity contribution is 7.45. The number of aromatic nitrogens is 2. The zero-order chi connectivity index (χ0) is 21.8. The van der Waals surface area contributed by atoms with Crippen LogP contribution in [0.3, 0.4) is 0 Å². The first-order valence-electron chi connectivity index (χ1n) is 9.07. The smallest absolute Gasteiger partial charge is 0.466 e. The summed E-state index contributed by atoms with van der Waals surface area (Å²) in [6.45, 7) is 10.2. The lowest BCUT2D eigenvalue weighted by Gasteiger charge is -2.14. The van der Waals surface area contributed by atoms with E-state index in [0.717, 1.165) is 22.6 Å². The molecule has 1 aromatic carbocycles. The third-order valence-corrected chi connectivity index (χ3v) is 4.60. The predicted octanol–water partition coefficient (Wildman–Crippen LogP) is 4.61. The fraction of sp³-hybridized carbons (Fsp3) is 0.350. The molecule has 0 aliphatic carbocycles. The van der Waals surface area contributed by atoms with Gasteiger partial charge in [0.2, 0.25) is 5.88 Å². The van der Waals surface area contributed by atoms with E-state index in [1.165, 1.54) is 16.6 Å². The molecular formula is C20H26ClN2O5P. The van der Waals surface area contributed by atoms with Crippen molar-refractivity contribution in [3.63, 3.8) is 0 Å². The Morgan fingerprint density at radius 1 is 1.14 bits per heavy atom. The van der Waals surface area contributed by atoms with Gasteiger partial charge < -0.3 is 24.0 Å². The van der Waals surface area contributed by atoms with Gasteiger partial charge in [-0.25, -0.2) is 9.55 Å². The average Bonchev–Trinajstić information content (AvgIpc) is 2.85. The summed E-state index contributed by atoms with van der Waals surface area (Å²) >= 11 is 5.94. The fourth-order valence-corrected chi connectivity index (χ4v) is 3.12. The molecule has 7 nitrogen and oxygen atoms in total. The van der Waals surface area contributed by atoms with E-state index in [0.29, 0.717) is 18.4 Å². The van der Waals surface area contributed by atoms with Gasteiger partial charge in [-0.1, -0.05) is 37.6 Å². The van der Waals surface area contributed by atoms with Crippen LogP contribution in [-0.4, -0.2) is 24.2 Å². The number of ether oxygens (including phenoxy) is 1. The first-order chi connectivity index (χ1) is 13.5. The number of hydrogen-bond donors (Lipinski definition) is 3. The monoisotopic (exact) mass is 440 g/mol. The molecule has 0 saturated heterocycles. The predicted molar refractivity (Wildman–Crippen MR) is 114 cm³/mol. The Bertz CT molecular complexity index is 1000. The van der Waals surface area contributed by atoms with Gasteiger partial charge in [-0.05, 0) is 49.1 Å². The molecule has 0 amide bonds. The van der Waals surface area contributed by atoms with Gasteiger partial charge in [0.15, 0.2) is 0 Å². The maximum Gasteiger partial charge on any atom is 0.466 e. The molecule has 9 heteroatoms. The van der Waals surface area contributed by atoms with Crippen molar-refractivity contribution in [2.24, 2.45) is 5.92 Å². The molecule has 3 rings (SSSR count). The number of hydrogen-bond acceptors (Lipinski definition) is 3. The van der Waals surface area contributed by atoms with E-state index in [-0.39, 0.29) is 0 Å². The number of fused-ring (bicyclic) bond motifs is 1. The van der Waals surface area contributed by atoms with Gasteiger partial charge in [0.1, 0.15) is 12.1 Å². The molecule has 0 aliphatic heterocycles. The first-order valence-corrected chi connectivity index (χ1v) is 11.0. The maximum atomic E-state index is 8.88. The summed E-state index contributed by atoms with van der Waals surface area (Å²) < 4.78 is 17.3. The molecular weight excluding hydrogens is 415 g/mol. The van der Waals surface area contributed by atoms with Gasteiger partial charge in [-0.3, -0.25) is 0 Å². The van der Waals surface area contributed by atoms with Gasteiger partial charge in [-0.2, -0.15) is 0 Å². The second-order valence-corrected chi connectivity index (χ2v) is 8.62. The van der Waals surface area contributed by atoms with Crippen molar-refractivity contribution in [2.75, 3.05) is 0 Å². The minimum Gasteiger partial charge on any atom is -0.471 e. The van der Waals surface area contributed by atoms with Crippen LogP contribution in [-0.2, 0) is 17.7 Å². The van der Waals surface area contributed by atoms with E-state index in [1.807, 2.05) is 30.5 Å². The first kappa shape index (κ1) is 23.4. The topological polar surface area (TPSA) is 105 Å². The Morgan fingerprint density at radius 2 is 1.72 bits per heavy atom. The molecule has 3 N–H and O–H groups in total. The van der Waals surface area contributed by atoms with Crippen molar-refractivity contribution in [1.82, 2.24) is 9.55 Å². The lowest BCUT2D eigenvalue weighted by Crippen LogP contribution is -2.08. The Morgan fingerprint density at radius 3 is 2.28 bits per heavy atom. The van der Waals surface area contributed by atoms with E-state index in [1.54, 1.807) is 0 Å². The molecule has 0 fully saturated rings. The van der Waals surface area contributed by atoms with Crippen LogP contribution in [0, 0.1) is 19.8 Å².